The lowest BCUT2D eigenvalue weighted by molar-refractivity contribution is -0.137. The summed E-state index contributed by atoms with van der Waals surface area (Å²) >= 11 is 0. The molecule has 1 aromatic heterocycles. The summed E-state index contributed by atoms with van der Waals surface area (Å²) in [6.45, 7) is 0.696. The van der Waals surface area contributed by atoms with Crippen LogP contribution in [-0.2, 0) is 6.18 Å². The van der Waals surface area contributed by atoms with Crippen LogP contribution in [0.1, 0.15) is 18.4 Å². The van der Waals surface area contributed by atoms with E-state index in [4.69, 9.17) is 9.84 Å². The molecule has 2 rings (SSSR count). The number of halogens is 3. The van der Waals surface area contributed by atoms with E-state index < -0.39 is 17.8 Å². The molecule has 0 aromatic carbocycles. The van der Waals surface area contributed by atoms with Gasteiger partial charge in [0, 0.05) is 38.2 Å². The number of hydrogen-bond acceptors (Lipinski definition) is 3. The molecule has 0 radical (unpaired) electrons. The van der Waals surface area contributed by atoms with Crippen molar-refractivity contribution in [2.75, 3.05) is 13.1 Å². The number of carbonyl (C=O) groups is 1. The van der Waals surface area contributed by atoms with Gasteiger partial charge in [0.15, 0.2) is 0 Å². The van der Waals surface area contributed by atoms with Crippen LogP contribution in [0.25, 0.3) is 0 Å². The zero-order valence-electron chi connectivity index (χ0n) is 10.4. The standard InChI is InChI=1S/C12H13F3N2O3/c13-12(14,15)8-1-2-10(16-7-8)20-9-3-5-17(6-4-9)11(18)19/h1-2,7,9H,3-6H2,(H,18,19). The van der Waals surface area contributed by atoms with Gasteiger partial charge in [-0.05, 0) is 6.07 Å². The number of ether oxygens (including phenoxy) is 1. The van der Waals surface area contributed by atoms with Crippen LogP contribution >= 0.6 is 0 Å². The highest BCUT2D eigenvalue weighted by Gasteiger charge is 2.31. The lowest BCUT2D eigenvalue weighted by Crippen LogP contribution is -2.41. The van der Waals surface area contributed by atoms with E-state index in [2.05, 4.69) is 4.98 Å². The fourth-order valence-corrected chi connectivity index (χ4v) is 1.95. The van der Waals surface area contributed by atoms with E-state index in [-0.39, 0.29) is 12.0 Å². The first-order valence-corrected chi connectivity index (χ1v) is 6.04. The van der Waals surface area contributed by atoms with Gasteiger partial charge in [0.2, 0.25) is 5.88 Å². The highest BCUT2D eigenvalue weighted by Crippen LogP contribution is 2.29. The van der Waals surface area contributed by atoms with Gasteiger partial charge >= 0.3 is 12.3 Å². The number of rotatable bonds is 2. The van der Waals surface area contributed by atoms with Crippen LogP contribution in [0.4, 0.5) is 18.0 Å². The summed E-state index contributed by atoms with van der Waals surface area (Å²) in [5.74, 6) is 0.117. The maximum atomic E-state index is 12.4. The summed E-state index contributed by atoms with van der Waals surface area (Å²) in [4.78, 5) is 15.6. The summed E-state index contributed by atoms with van der Waals surface area (Å²) in [7, 11) is 0. The average Bonchev–Trinajstić information content (AvgIpc) is 2.39. The Bertz CT molecular complexity index is 468. The minimum Gasteiger partial charge on any atom is -0.474 e. The van der Waals surface area contributed by atoms with Gasteiger partial charge in [-0.25, -0.2) is 9.78 Å². The number of likely N-dealkylation sites (tertiary alicyclic amines) is 1. The normalized spacial score (nSPS) is 17.1. The van der Waals surface area contributed by atoms with E-state index in [0.29, 0.717) is 25.9 Å². The molecule has 1 saturated heterocycles. The minimum atomic E-state index is -4.42. The molecule has 20 heavy (non-hydrogen) atoms. The number of pyridine rings is 1. The Morgan fingerprint density at radius 2 is 2.00 bits per heavy atom. The molecule has 1 aliphatic heterocycles. The molecule has 0 aliphatic carbocycles. The predicted octanol–water partition coefficient (Wildman–Crippen LogP) is 2.62. The van der Waals surface area contributed by atoms with Crippen molar-refractivity contribution in [1.82, 2.24) is 9.88 Å². The van der Waals surface area contributed by atoms with Crippen LogP contribution in [0.3, 0.4) is 0 Å². The summed E-state index contributed by atoms with van der Waals surface area (Å²) in [6.07, 6.45) is -3.91. The molecule has 1 aliphatic rings. The van der Waals surface area contributed by atoms with Crippen LogP contribution in [-0.4, -0.2) is 40.3 Å². The number of hydrogen-bond donors (Lipinski definition) is 1. The lowest BCUT2D eigenvalue weighted by atomic mass is 10.1. The highest BCUT2D eigenvalue weighted by molar-refractivity contribution is 5.65. The van der Waals surface area contributed by atoms with Gasteiger partial charge in [-0.1, -0.05) is 0 Å². The number of alkyl halides is 3. The Hall–Kier alpha value is -1.99. The Morgan fingerprint density at radius 1 is 1.35 bits per heavy atom. The van der Waals surface area contributed by atoms with Crippen molar-refractivity contribution in [2.45, 2.75) is 25.1 Å². The third-order valence-corrected chi connectivity index (χ3v) is 3.06. The molecule has 0 bridgehead atoms. The number of amides is 1. The summed E-state index contributed by atoms with van der Waals surface area (Å²) in [5, 5.41) is 8.79. The lowest BCUT2D eigenvalue weighted by Gasteiger charge is -2.29. The van der Waals surface area contributed by atoms with Crippen LogP contribution < -0.4 is 4.74 Å². The van der Waals surface area contributed by atoms with Gasteiger partial charge < -0.3 is 14.7 Å². The first-order valence-electron chi connectivity index (χ1n) is 6.04. The number of carboxylic acid groups (broad SMARTS) is 1. The molecule has 0 atom stereocenters. The first kappa shape index (κ1) is 14.4. The molecule has 1 aromatic rings. The van der Waals surface area contributed by atoms with Gasteiger partial charge in [-0.3, -0.25) is 0 Å². The van der Waals surface area contributed by atoms with Crippen LogP contribution in [0.2, 0.25) is 0 Å². The third kappa shape index (κ3) is 3.52. The highest BCUT2D eigenvalue weighted by atomic mass is 19.4. The van der Waals surface area contributed by atoms with Crippen molar-refractivity contribution in [3.8, 4) is 5.88 Å². The second-order valence-electron chi connectivity index (χ2n) is 4.47. The third-order valence-electron chi connectivity index (χ3n) is 3.06. The van der Waals surface area contributed by atoms with Gasteiger partial charge in [0.25, 0.3) is 0 Å². The second-order valence-corrected chi connectivity index (χ2v) is 4.47. The Morgan fingerprint density at radius 3 is 2.45 bits per heavy atom. The minimum absolute atomic E-state index is 0.117. The number of aromatic nitrogens is 1. The Labute approximate surface area is 113 Å². The zero-order chi connectivity index (χ0) is 14.8. The van der Waals surface area contributed by atoms with Gasteiger partial charge in [0.1, 0.15) is 6.10 Å². The molecular weight excluding hydrogens is 277 g/mol. The van der Waals surface area contributed by atoms with Crippen molar-refractivity contribution < 1.29 is 27.8 Å². The molecule has 8 heteroatoms. The second kappa shape index (κ2) is 5.56. The van der Waals surface area contributed by atoms with Crippen LogP contribution in [0, 0.1) is 0 Å². The predicted molar refractivity (Wildman–Crippen MR) is 62.5 cm³/mol. The molecule has 1 amide bonds. The maximum Gasteiger partial charge on any atom is 0.417 e. The molecule has 2 heterocycles. The molecule has 1 N–H and O–H groups in total. The Kier molecular flexibility index (Phi) is 4.01. The molecule has 0 spiro atoms. The quantitative estimate of drug-likeness (QED) is 0.909. The van der Waals surface area contributed by atoms with Crippen molar-refractivity contribution >= 4 is 6.09 Å². The SMILES string of the molecule is O=C(O)N1CCC(Oc2ccc(C(F)(F)F)cn2)CC1. The summed E-state index contributed by atoms with van der Waals surface area (Å²) < 4.78 is 42.5. The molecule has 0 unspecified atom stereocenters. The average molecular weight is 290 g/mol. The smallest absolute Gasteiger partial charge is 0.417 e. The van der Waals surface area contributed by atoms with Crippen molar-refractivity contribution in [2.24, 2.45) is 0 Å². The van der Waals surface area contributed by atoms with E-state index in [1.165, 1.54) is 11.0 Å². The van der Waals surface area contributed by atoms with E-state index in [0.717, 1.165) is 12.3 Å². The molecule has 110 valence electrons. The van der Waals surface area contributed by atoms with E-state index in [1.54, 1.807) is 0 Å². The fourth-order valence-electron chi connectivity index (χ4n) is 1.95. The fraction of sp³-hybridized carbons (Fsp3) is 0.500. The van der Waals surface area contributed by atoms with Gasteiger partial charge in [-0.2, -0.15) is 13.2 Å². The number of nitrogens with zero attached hydrogens (tertiary/aromatic N) is 2. The maximum absolute atomic E-state index is 12.4. The van der Waals surface area contributed by atoms with Crippen LogP contribution in [0.5, 0.6) is 5.88 Å². The molecular formula is C12H13F3N2O3. The molecule has 0 saturated carbocycles. The molecule has 1 fully saturated rings. The summed E-state index contributed by atoms with van der Waals surface area (Å²) in [6, 6.07) is 2.08. The zero-order valence-corrected chi connectivity index (χ0v) is 10.4. The Balaban J connectivity index is 1.90. The van der Waals surface area contributed by atoms with E-state index >= 15 is 0 Å². The van der Waals surface area contributed by atoms with Crippen molar-refractivity contribution in [3.63, 3.8) is 0 Å². The topological polar surface area (TPSA) is 62.7 Å². The number of piperidine rings is 1. The van der Waals surface area contributed by atoms with E-state index in [9.17, 15) is 18.0 Å². The first-order chi connectivity index (χ1) is 9.36. The largest absolute Gasteiger partial charge is 0.474 e. The molecule has 5 nitrogen and oxygen atoms in total. The van der Waals surface area contributed by atoms with Crippen LogP contribution in [0.15, 0.2) is 18.3 Å². The summed E-state index contributed by atoms with van der Waals surface area (Å²) in [5.41, 5.74) is -0.828. The van der Waals surface area contributed by atoms with Crippen molar-refractivity contribution in [1.29, 1.82) is 0 Å². The van der Waals surface area contributed by atoms with Gasteiger partial charge in [0.05, 0.1) is 5.56 Å². The monoisotopic (exact) mass is 290 g/mol. The van der Waals surface area contributed by atoms with Gasteiger partial charge in [-0.15, -0.1) is 0 Å². The van der Waals surface area contributed by atoms with Crippen molar-refractivity contribution in [3.05, 3.63) is 23.9 Å². The van der Waals surface area contributed by atoms with E-state index in [1.807, 2.05) is 0 Å².